The molecule has 1 aliphatic rings. The van der Waals surface area contributed by atoms with Crippen molar-refractivity contribution < 1.29 is 19.1 Å². The smallest absolute Gasteiger partial charge is 0.265 e. The Balaban J connectivity index is 1.21. The number of benzene rings is 4. The molecule has 0 fully saturated rings. The van der Waals surface area contributed by atoms with E-state index in [4.69, 9.17) is 4.74 Å². The van der Waals surface area contributed by atoms with Crippen LogP contribution in [0.4, 0.5) is 17.1 Å². The van der Waals surface area contributed by atoms with Crippen molar-refractivity contribution in [3.8, 4) is 5.75 Å². The van der Waals surface area contributed by atoms with Gasteiger partial charge in [-0.1, -0.05) is 48.5 Å². The van der Waals surface area contributed by atoms with Crippen LogP contribution in [-0.4, -0.2) is 23.8 Å². The van der Waals surface area contributed by atoms with Crippen molar-refractivity contribution in [1.29, 1.82) is 0 Å². The Morgan fingerprint density at radius 2 is 1.19 bits per heavy atom. The third-order valence-corrected chi connectivity index (χ3v) is 5.75. The van der Waals surface area contributed by atoms with Crippen LogP contribution in [0.3, 0.4) is 0 Å². The number of rotatable bonds is 6. The van der Waals surface area contributed by atoms with Crippen molar-refractivity contribution in [3.63, 3.8) is 0 Å². The Morgan fingerprint density at radius 1 is 0.611 bits per heavy atom. The molecule has 1 heterocycles. The van der Waals surface area contributed by atoms with E-state index >= 15 is 0 Å². The summed E-state index contributed by atoms with van der Waals surface area (Å²) >= 11 is 0. The minimum atomic E-state index is -0.617. The lowest BCUT2D eigenvalue weighted by atomic mass is 10.1. The number of hydrogen-bond donors (Lipinski definition) is 3. The third-order valence-electron chi connectivity index (χ3n) is 5.75. The second-order valence-corrected chi connectivity index (χ2v) is 8.34. The number of ether oxygens (including phenoxy) is 1. The van der Waals surface area contributed by atoms with Crippen LogP contribution in [0.25, 0.3) is 0 Å². The van der Waals surface area contributed by atoms with Gasteiger partial charge in [0.05, 0.1) is 0 Å². The van der Waals surface area contributed by atoms with Gasteiger partial charge >= 0.3 is 0 Å². The molecule has 0 bridgehead atoms. The average molecular weight is 478 g/mol. The summed E-state index contributed by atoms with van der Waals surface area (Å²) in [4.78, 5) is 38.0. The van der Waals surface area contributed by atoms with Crippen molar-refractivity contribution in [2.24, 2.45) is 0 Å². The van der Waals surface area contributed by atoms with Crippen LogP contribution in [-0.2, 0) is 11.2 Å². The molecular formula is C29H23N3O4. The molecule has 0 saturated heterocycles. The SMILES string of the molecule is O=C(Nc1cccc(NC(=O)c2cccc(NC(=O)C3Cc4ccccc4O3)c2)c1)c1ccccc1. The number of fused-ring (bicyclic) bond motifs is 1. The molecule has 5 rings (SSSR count). The maximum absolute atomic E-state index is 12.9. The number of carbonyl (C=O) groups excluding carboxylic acids is 3. The van der Waals surface area contributed by atoms with Gasteiger partial charge in [-0.2, -0.15) is 0 Å². The summed E-state index contributed by atoms with van der Waals surface area (Å²) in [7, 11) is 0. The predicted octanol–water partition coefficient (Wildman–Crippen LogP) is 5.13. The van der Waals surface area contributed by atoms with Gasteiger partial charge in [0.15, 0.2) is 6.10 Å². The Bertz CT molecular complexity index is 1410. The number of amides is 3. The monoisotopic (exact) mass is 477 g/mol. The van der Waals surface area contributed by atoms with Crippen molar-refractivity contribution in [2.45, 2.75) is 12.5 Å². The van der Waals surface area contributed by atoms with Gasteiger partial charge in [-0.25, -0.2) is 0 Å². The molecule has 7 nitrogen and oxygen atoms in total. The van der Waals surface area contributed by atoms with Crippen LogP contribution in [0, 0.1) is 0 Å². The number of anilines is 3. The van der Waals surface area contributed by atoms with E-state index in [1.165, 1.54) is 0 Å². The maximum Gasteiger partial charge on any atom is 0.265 e. The fourth-order valence-electron chi connectivity index (χ4n) is 3.96. The highest BCUT2D eigenvalue weighted by Crippen LogP contribution is 2.28. The molecule has 0 spiro atoms. The maximum atomic E-state index is 12.9. The topological polar surface area (TPSA) is 96.5 Å². The summed E-state index contributed by atoms with van der Waals surface area (Å²) < 4.78 is 5.74. The zero-order chi connectivity index (χ0) is 24.9. The number of carbonyl (C=O) groups is 3. The fourth-order valence-corrected chi connectivity index (χ4v) is 3.96. The molecule has 178 valence electrons. The van der Waals surface area contributed by atoms with Crippen LogP contribution in [0.2, 0.25) is 0 Å². The Morgan fingerprint density at radius 3 is 1.92 bits per heavy atom. The van der Waals surface area contributed by atoms with Gasteiger partial charge in [0.2, 0.25) is 0 Å². The van der Waals surface area contributed by atoms with Gasteiger partial charge in [-0.05, 0) is 60.2 Å². The van der Waals surface area contributed by atoms with Gasteiger partial charge in [0, 0.05) is 34.6 Å². The molecule has 0 aromatic heterocycles. The molecular weight excluding hydrogens is 454 g/mol. The van der Waals surface area contributed by atoms with E-state index in [0.717, 1.165) is 5.56 Å². The summed E-state index contributed by atoms with van der Waals surface area (Å²) in [6.07, 6.45) is -0.118. The molecule has 1 atom stereocenters. The largest absolute Gasteiger partial charge is 0.480 e. The van der Waals surface area contributed by atoms with Crippen molar-refractivity contribution in [1.82, 2.24) is 0 Å². The van der Waals surface area contributed by atoms with Gasteiger partial charge < -0.3 is 20.7 Å². The minimum absolute atomic E-state index is 0.239. The minimum Gasteiger partial charge on any atom is -0.480 e. The highest BCUT2D eigenvalue weighted by Gasteiger charge is 2.28. The molecule has 36 heavy (non-hydrogen) atoms. The molecule has 0 aliphatic carbocycles. The van der Waals surface area contributed by atoms with Crippen LogP contribution >= 0.6 is 0 Å². The van der Waals surface area contributed by atoms with E-state index in [1.807, 2.05) is 30.3 Å². The van der Waals surface area contributed by atoms with E-state index < -0.39 is 6.10 Å². The van der Waals surface area contributed by atoms with E-state index in [-0.39, 0.29) is 17.7 Å². The standard InChI is InChI=1S/C29H23N3O4/c33-27(19-8-2-1-3-9-19)30-23-13-7-14-24(18-23)31-28(34)21-11-6-12-22(16-21)32-29(35)26-17-20-10-4-5-15-25(20)36-26/h1-16,18,26H,17H2,(H,30,33)(H,31,34)(H,32,35). The first-order valence-corrected chi connectivity index (χ1v) is 11.5. The summed E-state index contributed by atoms with van der Waals surface area (Å²) in [6.45, 7) is 0. The van der Waals surface area contributed by atoms with Gasteiger partial charge in [-0.3, -0.25) is 14.4 Å². The van der Waals surface area contributed by atoms with E-state index in [0.29, 0.717) is 40.4 Å². The normalized spacial score (nSPS) is 13.7. The van der Waals surface area contributed by atoms with Crippen LogP contribution in [0.1, 0.15) is 26.3 Å². The molecule has 4 aromatic rings. The van der Waals surface area contributed by atoms with Gasteiger partial charge in [0.25, 0.3) is 17.7 Å². The molecule has 0 saturated carbocycles. The molecule has 7 heteroatoms. The zero-order valence-electron chi connectivity index (χ0n) is 19.2. The number of nitrogens with one attached hydrogen (secondary N) is 3. The second kappa shape index (κ2) is 10.1. The lowest BCUT2D eigenvalue weighted by Crippen LogP contribution is -2.31. The summed E-state index contributed by atoms with van der Waals surface area (Å²) in [5.74, 6) is -0.141. The third kappa shape index (κ3) is 5.26. The molecule has 3 amide bonds. The number of para-hydroxylation sites is 1. The highest BCUT2D eigenvalue weighted by atomic mass is 16.5. The summed E-state index contributed by atoms with van der Waals surface area (Å²) in [5, 5.41) is 8.49. The first-order chi connectivity index (χ1) is 17.5. The van der Waals surface area contributed by atoms with E-state index in [1.54, 1.807) is 72.8 Å². The van der Waals surface area contributed by atoms with Crippen molar-refractivity contribution in [3.05, 3.63) is 120 Å². The van der Waals surface area contributed by atoms with E-state index in [9.17, 15) is 14.4 Å². The van der Waals surface area contributed by atoms with Crippen molar-refractivity contribution >= 4 is 34.8 Å². The quantitative estimate of drug-likeness (QED) is 0.359. The van der Waals surface area contributed by atoms with E-state index in [2.05, 4.69) is 16.0 Å². The lowest BCUT2D eigenvalue weighted by molar-refractivity contribution is -0.122. The summed E-state index contributed by atoms with van der Waals surface area (Å²) in [5.41, 5.74) is 3.49. The highest BCUT2D eigenvalue weighted by molar-refractivity contribution is 6.07. The average Bonchev–Trinajstić information content (AvgIpc) is 3.34. The van der Waals surface area contributed by atoms with Crippen molar-refractivity contribution in [2.75, 3.05) is 16.0 Å². The molecule has 3 N–H and O–H groups in total. The van der Waals surface area contributed by atoms with Crippen LogP contribution in [0.5, 0.6) is 5.75 Å². The zero-order valence-corrected chi connectivity index (χ0v) is 19.2. The van der Waals surface area contributed by atoms with Gasteiger partial charge in [-0.15, -0.1) is 0 Å². The van der Waals surface area contributed by atoms with Gasteiger partial charge in [0.1, 0.15) is 5.75 Å². The lowest BCUT2D eigenvalue weighted by Gasteiger charge is -2.13. The summed E-state index contributed by atoms with van der Waals surface area (Å²) in [6, 6.07) is 30.0. The predicted molar refractivity (Wildman–Crippen MR) is 138 cm³/mol. The second-order valence-electron chi connectivity index (χ2n) is 8.34. The molecule has 0 radical (unpaired) electrons. The fraction of sp³-hybridized carbons (Fsp3) is 0.0690. The first kappa shape index (κ1) is 22.9. The van der Waals surface area contributed by atoms with Crippen LogP contribution in [0.15, 0.2) is 103 Å². The molecule has 1 unspecified atom stereocenters. The van der Waals surface area contributed by atoms with Crippen LogP contribution < -0.4 is 20.7 Å². The Labute approximate surface area is 208 Å². The molecule has 1 aliphatic heterocycles. The number of hydrogen-bond acceptors (Lipinski definition) is 4. The Kier molecular flexibility index (Phi) is 6.44. The first-order valence-electron chi connectivity index (χ1n) is 11.5. The Hall–Kier alpha value is -4.91. The molecule has 4 aromatic carbocycles.